The number of anilines is 1. The molecule has 9 heteroatoms. The third kappa shape index (κ3) is 7.65. The molecular weight excluding hydrogens is 567 g/mol. The number of allylic oxidation sites excluding steroid dienone is 1. The van der Waals surface area contributed by atoms with Gasteiger partial charge in [-0.1, -0.05) is 57.2 Å². The van der Waals surface area contributed by atoms with Gasteiger partial charge < -0.3 is 15.9 Å². The van der Waals surface area contributed by atoms with Crippen LogP contribution in [0.3, 0.4) is 0 Å². The average Bonchev–Trinajstić information content (AvgIpc) is 2.99. The summed E-state index contributed by atoms with van der Waals surface area (Å²) in [6.45, 7) is 12.7. The van der Waals surface area contributed by atoms with E-state index in [0.717, 1.165) is 45.0 Å². The van der Waals surface area contributed by atoms with Crippen LogP contribution in [0.4, 0.5) is 5.95 Å². The van der Waals surface area contributed by atoms with Crippen molar-refractivity contribution >= 4 is 29.7 Å². The quantitative estimate of drug-likeness (QED) is 0.153. The third-order valence-corrected chi connectivity index (χ3v) is 8.44. The predicted octanol–water partition coefficient (Wildman–Crippen LogP) is 7.42. The molecule has 2 aromatic carbocycles. The van der Waals surface area contributed by atoms with Gasteiger partial charge in [0.1, 0.15) is 6.61 Å². The lowest BCUT2D eigenvalue weighted by Gasteiger charge is -2.36. The molecule has 1 aliphatic rings. The Hall–Kier alpha value is -4.21. The zero-order valence-corrected chi connectivity index (χ0v) is 26.9. The Morgan fingerprint density at radius 1 is 1.09 bits per heavy atom. The standard InChI is InChI=1S/C35H41N7OS/c1-23-9-6-10-24(2)33(23)30-16-32-40-34(39-30)41-44-28-12-7-11-25(15-28)20-42(27(22-43-32)17-35(3,4)5)21-31-29(13-8-14-38-31)26(18-36)19-37/h6-16,18-19,27,36H,17,20-22,37H2,1-5H3,(H,39,40,41)/b26-19+,36-18?. The molecular formula is C35H41N7OS. The molecule has 0 saturated carbocycles. The van der Waals surface area contributed by atoms with Gasteiger partial charge in [0.05, 0.1) is 11.4 Å². The molecule has 4 N–H and O–H groups in total. The summed E-state index contributed by atoms with van der Waals surface area (Å²) in [5, 5.41) is 7.92. The van der Waals surface area contributed by atoms with Crippen molar-refractivity contribution in [3.8, 4) is 17.1 Å². The van der Waals surface area contributed by atoms with Crippen LogP contribution in [0.15, 0.2) is 78.0 Å². The molecule has 4 aromatic rings. The number of pyridine rings is 1. The van der Waals surface area contributed by atoms with Crippen molar-refractivity contribution in [2.75, 3.05) is 11.3 Å². The van der Waals surface area contributed by atoms with Crippen LogP contribution in [-0.4, -0.2) is 38.7 Å². The van der Waals surface area contributed by atoms with Crippen molar-refractivity contribution in [2.45, 2.75) is 65.1 Å². The topological polar surface area (TPSA) is 113 Å². The fourth-order valence-corrected chi connectivity index (χ4v) is 6.33. The van der Waals surface area contributed by atoms with Gasteiger partial charge in [-0.3, -0.25) is 14.6 Å². The highest BCUT2D eigenvalue weighted by Gasteiger charge is 2.28. The molecule has 5 rings (SSSR count). The number of hydrogen-bond donors (Lipinski definition) is 3. The smallest absolute Gasteiger partial charge is 0.237 e. The van der Waals surface area contributed by atoms with E-state index in [0.29, 0.717) is 37.1 Å². The van der Waals surface area contributed by atoms with E-state index in [4.69, 9.17) is 30.8 Å². The number of rotatable bonds is 6. The summed E-state index contributed by atoms with van der Waals surface area (Å²) in [6.07, 6.45) is 5.43. The molecule has 1 atom stereocenters. The molecule has 1 unspecified atom stereocenters. The zero-order chi connectivity index (χ0) is 31.3. The normalized spacial score (nSPS) is 16.1. The highest BCUT2D eigenvalue weighted by molar-refractivity contribution is 8.00. The van der Waals surface area contributed by atoms with Gasteiger partial charge in [-0.05, 0) is 72.5 Å². The van der Waals surface area contributed by atoms with Crippen molar-refractivity contribution < 1.29 is 4.74 Å². The fraction of sp³-hybridized carbons (Fsp3) is 0.314. The Morgan fingerprint density at radius 3 is 2.59 bits per heavy atom. The van der Waals surface area contributed by atoms with Gasteiger partial charge in [0.25, 0.3) is 0 Å². The lowest BCUT2D eigenvalue weighted by molar-refractivity contribution is 0.0845. The highest BCUT2D eigenvalue weighted by atomic mass is 32.2. The monoisotopic (exact) mass is 607 g/mol. The van der Waals surface area contributed by atoms with Crippen LogP contribution in [0.5, 0.6) is 5.88 Å². The van der Waals surface area contributed by atoms with Gasteiger partial charge in [0.15, 0.2) is 0 Å². The molecule has 0 spiro atoms. The van der Waals surface area contributed by atoms with E-state index in [1.165, 1.54) is 29.9 Å². The lowest BCUT2D eigenvalue weighted by Crippen LogP contribution is -2.41. The van der Waals surface area contributed by atoms with E-state index in [9.17, 15) is 0 Å². The second-order valence-corrected chi connectivity index (χ2v) is 13.3. The van der Waals surface area contributed by atoms with E-state index in [1.807, 2.05) is 18.2 Å². The molecule has 0 fully saturated rings. The first kappa shape index (κ1) is 31.2. The molecule has 0 radical (unpaired) electrons. The highest BCUT2D eigenvalue weighted by Crippen LogP contribution is 2.32. The van der Waals surface area contributed by atoms with Gasteiger partial charge in [0.2, 0.25) is 11.8 Å². The van der Waals surface area contributed by atoms with Crippen molar-refractivity contribution in [3.63, 3.8) is 0 Å². The van der Waals surface area contributed by atoms with E-state index >= 15 is 0 Å². The van der Waals surface area contributed by atoms with Crippen LogP contribution >= 0.6 is 11.9 Å². The Balaban J connectivity index is 1.60. The van der Waals surface area contributed by atoms with Crippen molar-refractivity contribution in [3.05, 3.63) is 101 Å². The maximum atomic E-state index is 7.92. The van der Waals surface area contributed by atoms with E-state index < -0.39 is 0 Å². The molecule has 228 valence electrons. The molecule has 2 aromatic heterocycles. The fourth-order valence-electron chi connectivity index (χ4n) is 5.67. The molecule has 8 nitrogen and oxygen atoms in total. The van der Waals surface area contributed by atoms with Crippen LogP contribution in [0.25, 0.3) is 16.8 Å². The van der Waals surface area contributed by atoms with Crippen LogP contribution in [-0.2, 0) is 13.1 Å². The minimum Gasteiger partial charge on any atom is -0.476 e. The lowest BCUT2D eigenvalue weighted by atomic mass is 9.87. The molecule has 4 bridgehead atoms. The summed E-state index contributed by atoms with van der Waals surface area (Å²) < 4.78 is 9.94. The molecule has 0 saturated heterocycles. The molecule has 0 amide bonds. The number of benzene rings is 2. The summed E-state index contributed by atoms with van der Waals surface area (Å²) >= 11 is 1.49. The SMILES string of the molecule is Cc1cccc(C)c1-c1cc2nc(n1)NSc1cccc(c1)CN(Cc1ncccc1/C(C=N)=C/N)C(CC(C)(C)C)CO2. The van der Waals surface area contributed by atoms with Gasteiger partial charge >= 0.3 is 0 Å². The Bertz CT molecular complexity index is 1640. The Labute approximate surface area is 264 Å². The first-order valence-corrected chi connectivity index (χ1v) is 15.7. The van der Waals surface area contributed by atoms with Crippen LogP contribution in [0.2, 0.25) is 0 Å². The predicted molar refractivity (Wildman–Crippen MR) is 181 cm³/mol. The number of ether oxygens (including phenoxy) is 1. The number of hydrogen-bond acceptors (Lipinski definition) is 9. The Kier molecular flexibility index (Phi) is 9.66. The third-order valence-electron chi connectivity index (χ3n) is 7.66. The number of nitrogens with two attached hydrogens (primary N) is 1. The van der Waals surface area contributed by atoms with Crippen LogP contribution in [0, 0.1) is 24.7 Å². The zero-order valence-electron chi connectivity index (χ0n) is 26.1. The first-order valence-electron chi connectivity index (χ1n) is 14.8. The van der Waals surface area contributed by atoms with Gasteiger partial charge in [-0.25, -0.2) is 4.98 Å². The summed E-state index contributed by atoms with van der Waals surface area (Å²) in [5.74, 6) is 1.03. The molecule has 0 aliphatic carbocycles. The Morgan fingerprint density at radius 2 is 1.86 bits per heavy atom. The summed E-state index contributed by atoms with van der Waals surface area (Å²) in [4.78, 5) is 17.9. The summed E-state index contributed by atoms with van der Waals surface area (Å²) in [7, 11) is 0. The molecule has 1 aliphatic heterocycles. The second kappa shape index (κ2) is 13.6. The van der Waals surface area contributed by atoms with Crippen LogP contribution in [0.1, 0.15) is 55.1 Å². The van der Waals surface area contributed by atoms with E-state index in [-0.39, 0.29) is 11.5 Å². The second-order valence-electron chi connectivity index (χ2n) is 12.4. The maximum Gasteiger partial charge on any atom is 0.237 e. The number of aromatic nitrogens is 3. The minimum atomic E-state index is 0.0298. The van der Waals surface area contributed by atoms with Crippen molar-refractivity contribution in [2.24, 2.45) is 11.1 Å². The minimum absolute atomic E-state index is 0.0298. The summed E-state index contributed by atoms with van der Waals surface area (Å²) in [5.41, 5.74) is 13.7. The number of fused-ring (bicyclic) bond motifs is 4. The van der Waals surface area contributed by atoms with Crippen molar-refractivity contribution in [1.82, 2.24) is 19.9 Å². The van der Waals surface area contributed by atoms with E-state index in [2.05, 4.69) is 86.7 Å². The van der Waals surface area contributed by atoms with Gasteiger partial charge in [-0.15, -0.1) is 0 Å². The van der Waals surface area contributed by atoms with E-state index in [1.54, 1.807) is 6.20 Å². The molecule has 3 heterocycles. The number of aryl methyl sites for hydroxylation is 2. The largest absolute Gasteiger partial charge is 0.476 e. The maximum absolute atomic E-state index is 7.92. The van der Waals surface area contributed by atoms with Gasteiger partial charge in [-0.2, -0.15) is 4.98 Å². The first-order chi connectivity index (χ1) is 21.1. The van der Waals surface area contributed by atoms with Gasteiger partial charge in [0, 0.05) is 65.4 Å². The van der Waals surface area contributed by atoms with Crippen molar-refractivity contribution in [1.29, 1.82) is 5.41 Å². The average molecular weight is 608 g/mol. The number of nitrogens with one attached hydrogen (secondary N) is 2. The summed E-state index contributed by atoms with van der Waals surface area (Å²) in [6, 6.07) is 20.6. The molecule has 44 heavy (non-hydrogen) atoms. The van der Waals surface area contributed by atoms with Crippen LogP contribution < -0.4 is 15.2 Å². The number of nitrogens with zero attached hydrogens (tertiary/aromatic N) is 4.